The molecule has 5 heteroatoms. The van der Waals surface area contributed by atoms with Gasteiger partial charge in [-0.25, -0.2) is 0 Å². The molecule has 0 unspecified atom stereocenters. The first-order valence-corrected chi connectivity index (χ1v) is 9.93. The number of hydrogen-bond acceptors (Lipinski definition) is 4. The third kappa shape index (κ3) is 4.47. The SMILES string of the molecule is C=CC[NH+](CC=C)Cc1c(O)ccc2c(=O)c(Oc3cc(C)cc(C)c3)c(C)oc12. The van der Waals surface area contributed by atoms with E-state index in [2.05, 4.69) is 13.2 Å². The molecule has 2 N–H and O–H groups in total. The molecule has 0 aliphatic rings. The fourth-order valence-electron chi connectivity index (χ4n) is 3.68. The number of rotatable bonds is 8. The molecule has 5 nitrogen and oxygen atoms in total. The van der Waals surface area contributed by atoms with Crippen LogP contribution in [0.4, 0.5) is 0 Å². The van der Waals surface area contributed by atoms with E-state index in [1.807, 2.05) is 44.2 Å². The van der Waals surface area contributed by atoms with Crippen LogP contribution in [0.3, 0.4) is 0 Å². The largest absolute Gasteiger partial charge is 0.507 e. The van der Waals surface area contributed by atoms with E-state index in [1.54, 1.807) is 13.0 Å². The van der Waals surface area contributed by atoms with Gasteiger partial charge in [0.2, 0.25) is 11.2 Å². The zero-order chi connectivity index (χ0) is 21.8. The predicted molar refractivity (Wildman–Crippen MR) is 120 cm³/mol. The van der Waals surface area contributed by atoms with Crippen LogP contribution in [0.5, 0.6) is 17.2 Å². The van der Waals surface area contributed by atoms with Crippen LogP contribution in [-0.4, -0.2) is 18.2 Å². The Balaban J connectivity index is 2.10. The monoisotopic (exact) mass is 406 g/mol. The third-order valence-electron chi connectivity index (χ3n) is 4.97. The number of fused-ring (bicyclic) bond motifs is 1. The molecule has 0 saturated carbocycles. The van der Waals surface area contributed by atoms with Crippen LogP contribution in [0.15, 0.2) is 64.9 Å². The van der Waals surface area contributed by atoms with Gasteiger partial charge in [0.1, 0.15) is 23.8 Å². The number of phenols is 1. The van der Waals surface area contributed by atoms with E-state index in [9.17, 15) is 9.90 Å². The number of aryl methyl sites for hydroxylation is 3. The average Bonchev–Trinajstić information content (AvgIpc) is 2.67. The second-order valence-electron chi connectivity index (χ2n) is 7.59. The summed E-state index contributed by atoms with van der Waals surface area (Å²) in [6, 6.07) is 8.91. The van der Waals surface area contributed by atoms with Crippen molar-refractivity contribution in [1.29, 1.82) is 0 Å². The quantitative estimate of drug-likeness (QED) is 0.556. The minimum Gasteiger partial charge on any atom is -0.507 e. The zero-order valence-corrected chi connectivity index (χ0v) is 17.7. The molecule has 1 heterocycles. The smallest absolute Gasteiger partial charge is 0.235 e. The molecule has 0 radical (unpaired) electrons. The summed E-state index contributed by atoms with van der Waals surface area (Å²) in [5.74, 6) is 1.21. The summed E-state index contributed by atoms with van der Waals surface area (Å²) in [6.45, 7) is 15.1. The molecule has 0 fully saturated rings. The van der Waals surface area contributed by atoms with E-state index in [0.29, 0.717) is 47.7 Å². The molecule has 3 rings (SSSR count). The highest BCUT2D eigenvalue weighted by atomic mass is 16.5. The minimum absolute atomic E-state index is 0.0960. The number of nitrogens with one attached hydrogen (secondary N) is 1. The van der Waals surface area contributed by atoms with Crippen LogP contribution in [0.2, 0.25) is 0 Å². The van der Waals surface area contributed by atoms with Crippen molar-refractivity contribution in [3.63, 3.8) is 0 Å². The van der Waals surface area contributed by atoms with Gasteiger partial charge in [0, 0.05) is 0 Å². The topological polar surface area (TPSA) is 64.1 Å². The Morgan fingerprint density at radius 1 is 1.07 bits per heavy atom. The molecule has 1 aromatic heterocycles. The number of aromatic hydroxyl groups is 1. The average molecular weight is 407 g/mol. The van der Waals surface area contributed by atoms with Gasteiger partial charge in [-0.05, 0) is 68.3 Å². The molecular formula is C25H28NO4+. The molecule has 0 saturated heterocycles. The maximum atomic E-state index is 13.2. The zero-order valence-electron chi connectivity index (χ0n) is 17.7. The summed E-state index contributed by atoms with van der Waals surface area (Å²) in [5, 5.41) is 10.9. The van der Waals surface area contributed by atoms with Crippen LogP contribution >= 0.6 is 0 Å². The molecule has 30 heavy (non-hydrogen) atoms. The lowest BCUT2D eigenvalue weighted by atomic mass is 10.1. The Kier molecular flexibility index (Phi) is 6.43. The van der Waals surface area contributed by atoms with Gasteiger partial charge in [-0.1, -0.05) is 19.2 Å². The van der Waals surface area contributed by atoms with Gasteiger partial charge in [-0.15, -0.1) is 0 Å². The summed E-state index contributed by atoms with van der Waals surface area (Å²) in [5.41, 5.74) is 2.81. The Morgan fingerprint density at radius 2 is 1.70 bits per heavy atom. The van der Waals surface area contributed by atoms with Crippen LogP contribution in [0, 0.1) is 20.8 Å². The Labute approximate surface area is 176 Å². The normalized spacial score (nSPS) is 11.1. The van der Waals surface area contributed by atoms with Gasteiger partial charge >= 0.3 is 0 Å². The Morgan fingerprint density at radius 3 is 2.30 bits per heavy atom. The summed E-state index contributed by atoms with van der Waals surface area (Å²) in [7, 11) is 0. The molecule has 0 aliphatic heterocycles. The Bertz CT molecular complexity index is 1130. The van der Waals surface area contributed by atoms with Crippen molar-refractivity contribution in [2.45, 2.75) is 27.3 Å². The number of hydrogen-bond donors (Lipinski definition) is 2. The van der Waals surface area contributed by atoms with Crippen molar-refractivity contribution < 1.29 is 19.2 Å². The Hall–Kier alpha value is -3.31. The van der Waals surface area contributed by atoms with E-state index in [0.717, 1.165) is 16.0 Å². The van der Waals surface area contributed by atoms with Crippen LogP contribution in [0.25, 0.3) is 11.0 Å². The highest BCUT2D eigenvalue weighted by Gasteiger charge is 2.21. The number of phenolic OH excluding ortho intramolecular Hbond substituents is 1. The lowest BCUT2D eigenvalue weighted by molar-refractivity contribution is -0.902. The van der Waals surface area contributed by atoms with Crippen molar-refractivity contribution in [1.82, 2.24) is 0 Å². The first-order chi connectivity index (χ1) is 14.3. The van der Waals surface area contributed by atoms with Crippen molar-refractivity contribution in [2.75, 3.05) is 13.1 Å². The minimum atomic E-state index is -0.261. The van der Waals surface area contributed by atoms with Gasteiger partial charge in [-0.2, -0.15) is 0 Å². The fourth-order valence-corrected chi connectivity index (χ4v) is 3.68. The van der Waals surface area contributed by atoms with Crippen molar-refractivity contribution in [3.8, 4) is 17.2 Å². The molecule has 2 aromatic carbocycles. The lowest BCUT2D eigenvalue weighted by Crippen LogP contribution is -3.10. The third-order valence-corrected chi connectivity index (χ3v) is 4.97. The van der Waals surface area contributed by atoms with Gasteiger partial charge in [-0.3, -0.25) is 4.79 Å². The highest BCUT2D eigenvalue weighted by molar-refractivity contribution is 5.83. The first kappa shape index (κ1) is 21.4. The maximum Gasteiger partial charge on any atom is 0.235 e. The fraction of sp³-hybridized carbons (Fsp3) is 0.240. The molecule has 0 bridgehead atoms. The molecule has 3 aromatic rings. The van der Waals surface area contributed by atoms with E-state index in [-0.39, 0.29) is 16.9 Å². The van der Waals surface area contributed by atoms with Crippen LogP contribution < -0.4 is 15.1 Å². The van der Waals surface area contributed by atoms with Crippen molar-refractivity contribution >= 4 is 11.0 Å². The van der Waals surface area contributed by atoms with Crippen LogP contribution in [-0.2, 0) is 6.54 Å². The predicted octanol–water partition coefficient (Wildman–Crippen LogP) is 3.97. The van der Waals surface area contributed by atoms with E-state index in [4.69, 9.17) is 9.15 Å². The number of quaternary nitrogens is 1. The van der Waals surface area contributed by atoms with Crippen molar-refractivity contribution in [2.24, 2.45) is 0 Å². The second-order valence-corrected chi connectivity index (χ2v) is 7.59. The molecule has 0 spiro atoms. The van der Waals surface area contributed by atoms with Gasteiger partial charge < -0.3 is 19.2 Å². The second kappa shape index (κ2) is 9.01. The summed E-state index contributed by atoms with van der Waals surface area (Å²) in [6.07, 6.45) is 3.64. The molecular weight excluding hydrogens is 378 g/mol. The molecule has 0 aliphatic carbocycles. The van der Waals surface area contributed by atoms with Gasteiger partial charge in [0.15, 0.2) is 5.58 Å². The van der Waals surface area contributed by atoms with Gasteiger partial charge in [0.25, 0.3) is 0 Å². The molecule has 156 valence electrons. The molecule has 0 atom stereocenters. The van der Waals surface area contributed by atoms with Gasteiger partial charge in [0.05, 0.1) is 24.0 Å². The molecule has 0 amide bonds. The summed E-state index contributed by atoms with van der Waals surface area (Å²) >= 11 is 0. The standard InChI is InChI=1S/C25H27NO4/c1-6-10-26(11-7-2)15-21-22(27)9-8-20-23(28)24(18(5)29-25(20)21)30-19-13-16(3)12-17(4)14-19/h6-9,12-14,27H,1-2,10-11,15H2,3-5H3/p+1. The maximum absolute atomic E-state index is 13.2. The number of benzene rings is 2. The summed E-state index contributed by atoms with van der Waals surface area (Å²) < 4.78 is 12.0. The lowest BCUT2D eigenvalue weighted by Gasteiger charge is -2.18. The van der Waals surface area contributed by atoms with E-state index >= 15 is 0 Å². The van der Waals surface area contributed by atoms with Crippen molar-refractivity contribution in [3.05, 3.63) is 88.3 Å². The van der Waals surface area contributed by atoms with Crippen LogP contribution in [0.1, 0.15) is 22.5 Å². The highest BCUT2D eigenvalue weighted by Crippen LogP contribution is 2.31. The first-order valence-electron chi connectivity index (χ1n) is 9.93. The van der Waals surface area contributed by atoms with E-state index in [1.165, 1.54) is 6.07 Å². The van der Waals surface area contributed by atoms with E-state index < -0.39 is 0 Å². The number of ether oxygens (including phenoxy) is 1. The summed E-state index contributed by atoms with van der Waals surface area (Å²) in [4.78, 5) is 14.3.